The Bertz CT molecular complexity index is 218. The number of carbonyl (C=O) groups is 1. The summed E-state index contributed by atoms with van der Waals surface area (Å²) in [5.74, 6) is 0.101. The third kappa shape index (κ3) is 3.47. The summed E-state index contributed by atoms with van der Waals surface area (Å²) in [6.45, 7) is 6.77. The van der Waals surface area contributed by atoms with Crippen LogP contribution in [0.15, 0.2) is 0 Å². The number of likely N-dealkylation sites (tertiary alicyclic amines) is 1. The first kappa shape index (κ1) is 12.5. The average molecular weight is 215 g/mol. The fourth-order valence-electron chi connectivity index (χ4n) is 1.86. The lowest BCUT2D eigenvalue weighted by molar-refractivity contribution is -0.133. The maximum absolute atomic E-state index is 11.6. The number of amides is 1. The smallest absolute Gasteiger partial charge is 0.222 e. The van der Waals surface area contributed by atoms with E-state index in [0.717, 1.165) is 0 Å². The van der Waals surface area contributed by atoms with E-state index in [-0.39, 0.29) is 24.2 Å². The molecule has 0 radical (unpaired) electrons. The Hall–Kier alpha value is -0.610. The molecule has 1 N–H and O–H groups in total. The Kier molecular flexibility index (Phi) is 4.54. The molecule has 0 spiro atoms. The molecule has 1 fully saturated rings. The van der Waals surface area contributed by atoms with E-state index in [9.17, 15) is 9.90 Å². The minimum atomic E-state index is -0.388. The summed E-state index contributed by atoms with van der Waals surface area (Å²) in [6, 6.07) is 0.0508. The Morgan fingerprint density at radius 1 is 1.60 bits per heavy atom. The number of hydrogen-bond acceptors (Lipinski definition) is 3. The molecule has 0 aromatic carbocycles. The van der Waals surface area contributed by atoms with Crippen molar-refractivity contribution in [2.24, 2.45) is 0 Å². The van der Waals surface area contributed by atoms with Crippen LogP contribution in [0.4, 0.5) is 0 Å². The van der Waals surface area contributed by atoms with Crippen LogP contribution >= 0.6 is 0 Å². The van der Waals surface area contributed by atoms with Crippen molar-refractivity contribution >= 4 is 5.91 Å². The zero-order valence-corrected chi connectivity index (χ0v) is 9.77. The van der Waals surface area contributed by atoms with Crippen molar-refractivity contribution in [2.75, 3.05) is 13.2 Å². The monoisotopic (exact) mass is 215 g/mol. The normalized spacial score (nSPS) is 26.3. The molecular formula is C11H21NO3. The molecule has 88 valence electrons. The molecule has 1 heterocycles. The van der Waals surface area contributed by atoms with Gasteiger partial charge in [-0.3, -0.25) is 4.79 Å². The van der Waals surface area contributed by atoms with E-state index >= 15 is 0 Å². The van der Waals surface area contributed by atoms with Gasteiger partial charge in [0.2, 0.25) is 5.91 Å². The number of β-amino-alcohol motifs (C(OH)–C–C–N with tert-alkyl or cyclic N) is 1. The molecule has 15 heavy (non-hydrogen) atoms. The summed E-state index contributed by atoms with van der Waals surface area (Å²) in [7, 11) is 0. The van der Waals surface area contributed by atoms with Gasteiger partial charge in [0.05, 0.1) is 24.9 Å². The molecule has 2 atom stereocenters. The maximum atomic E-state index is 11.6. The molecule has 1 rings (SSSR count). The van der Waals surface area contributed by atoms with Gasteiger partial charge in [-0.15, -0.1) is 0 Å². The van der Waals surface area contributed by atoms with Crippen LogP contribution in [0.1, 0.15) is 33.6 Å². The van der Waals surface area contributed by atoms with Crippen molar-refractivity contribution < 1.29 is 14.6 Å². The van der Waals surface area contributed by atoms with Crippen molar-refractivity contribution in [1.82, 2.24) is 4.90 Å². The summed E-state index contributed by atoms with van der Waals surface area (Å²) >= 11 is 0. The second kappa shape index (κ2) is 5.47. The fourth-order valence-corrected chi connectivity index (χ4v) is 1.86. The molecule has 0 saturated carbocycles. The number of ether oxygens (including phenoxy) is 1. The van der Waals surface area contributed by atoms with Crippen LogP contribution in [0.3, 0.4) is 0 Å². The summed E-state index contributed by atoms with van der Waals surface area (Å²) in [5.41, 5.74) is 0. The Balaban J connectivity index is 2.49. The van der Waals surface area contributed by atoms with Crippen LogP contribution in [0, 0.1) is 0 Å². The number of nitrogens with zero attached hydrogens (tertiary/aromatic N) is 1. The standard InChI is InChI=1S/C11H21NO3/c1-4-11(14)12-6-10(13)5-9(12)7-15-8(2)3/h8-10,13H,4-7H2,1-3H3/t9-,10-/m0/s1. The number of rotatable bonds is 4. The molecule has 0 aromatic heterocycles. The molecule has 4 nitrogen and oxygen atoms in total. The van der Waals surface area contributed by atoms with Gasteiger partial charge in [-0.1, -0.05) is 6.92 Å². The lowest BCUT2D eigenvalue weighted by Gasteiger charge is -2.24. The second-order valence-electron chi connectivity index (χ2n) is 4.33. The molecule has 0 aromatic rings. The number of aliphatic hydroxyl groups is 1. The highest BCUT2D eigenvalue weighted by Crippen LogP contribution is 2.19. The van der Waals surface area contributed by atoms with E-state index in [2.05, 4.69) is 0 Å². The van der Waals surface area contributed by atoms with E-state index in [1.54, 1.807) is 4.90 Å². The van der Waals surface area contributed by atoms with Gasteiger partial charge in [0.15, 0.2) is 0 Å². The summed E-state index contributed by atoms with van der Waals surface area (Å²) in [5, 5.41) is 9.53. The lowest BCUT2D eigenvalue weighted by atomic mass is 10.2. The highest BCUT2D eigenvalue weighted by molar-refractivity contribution is 5.76. The van der Waals surface area contributed by atoms with Gasteiger partial charge in [-0.25, -0.2) is 0 Å². The quantitative estimate of drug-likeness (QED) is 0.754. The largest absolute Gasteiger partial charge is 0.391 e. The molecule has 4 heteroatoms. The third-order valence-electron chi connectivity index (χ3n) is 2.64. The van der Waals surface area contributed by atoms with Gasteiger partial charge in [0, 0.05) is 13.0 Å². The Labute approximate surface area is 91.2 Å². The topological polar surface area (TPSA) is 49.8 Å². The molecule has 0 aliphatic carbocycles. The molecule has 1 aliphatic rings. The van der Waals surface area contributed by atoms with E-state index in [4.69, 9.17) is 4.74 Å². The first-order valence-electron chi connectivity index (χ1n) is 5.63. The molecule has 0 bridgehead atoms. The van der Waals surface area contributed by atoms with E-state index in [1.165, 1.54) is 0 Å². The van der Waals surface area contributed by atoms with Crippen molar-refractivity contribution in [3.05, 3.63) is 0 Å². The summed E-state index contributed by atoms with van der Waals surface area (Å²) in [6.07, 6.45) is 0.909. The molecule has 1 aliphatic heterocycles. The van der Waals surface area contributed by atoms with Crippen LogP contribution in [0.2, 0.25) is 0 Å². The zero-order valence-electron chi connectivity index (χ0n) is 9.77. The lowest BCUT2D eigenvalue weighted by Crippen LogP contribution is -2.38. The third-order valence-corrected chi connectivity index (χ3v) is 2.64. The average Bonchev–Trinajstić information content (AvgIpc) is 2.55. The fraction of sp³-hybridized carbons (Fsp3) is 0.909. The van der Waals surface area contributed by atoms with Crippen molar-refractivity contribution in [3.63, 3.8) is 0 Å². The van der Waals surface area contributed by atoms with Crippen LogP contribution in [0.25, 0.3) is 0 Å². The molecule has 1 amide bonds. The minimum Gasteiger partial charge on any atom is -0.391 e. The predicted molar refractivity (Wildman–Crippen MR) is 57.5 cm³/mol. The summed E-state index contributed by atoms with van der Waals surface area (Å²) in [4.78, 5) is 13.3. The first-order chi connectivity index (χ1) is 7.04. The van der Waals surface area contributed by atoms with Gasteiger partial charge in [0.25, 0.3) is 0 Å². The van der Waals surface area contributed by atoms with E-state index in [1.807, 2.05) is 20.8 Å². The number of aliphatic hydroxyl groups excluding tert-OH is 1. The van der Waals surface area contributed by atoms with Gasteiger partial charge < -0.3 is 14.7 Å². The highest BCUT2D eigenvalue weighted by Gasteiger charge is 2.33. The van der Waals surface area contributed by atoms with Gasteiger partial charge in [0.1, 0.15) is 0 Å². The minimum absolute atomic E-state index is 0.0508. The number of hydrogen-bond donors (Lipinski definition) is 1. The van der Waals surface area contributed by atoms with Crippen LogP contribution in [-0.4, -0.2) is 47.3 Å². The maximum Gasteiger partial charge on any atom is 0.222 e. The molecule has 0 unspecified atom stereocenters. The Morgan fingerprint density at radius 2 is 2.27 bits per heavy atom. The molecule has 1 saturated heterocycles. The summed E-state index contributed by atoms with van der Waals surface area (Å²) < 4.78 is 5.49. The first-order valence-corrected chi connectivity index (χ1v) is 5.63. The second-order valence-corrected chi connectivity index (χ2v) is 4.33. The van der Waals surface area contributed by atoms with Crippen molar-refractivity contribution in [1.29, 1.82) is 0 Å². The van der Waals surface area contributed by atoms with Crippen molar-refractivity contribution in [3.8, 4) is 0 Å². The van der Waals surface area contributed by atoms with E-state index in [0.29, 0.717) is 26.0 Å². The highest BCUT2D eigenvalue weighted by atomic mass is 16.5. The molecular weight excluding hydrogens is 194 g/mol. The number of carbonyl (C=O) groups excluding carboxylic acids is 1. The SMILES string of the molecule is CCC(=O)N1C[C@@H](O)C[C@H]1COC(C)C. The van der Waals surface area contributed by atoms with Gasteiger partial charge >= 0.3 is 0 Å². The van der Waals surface area contributed by atoms with Crippen LogP contribution in [0.5, 0.6) is 0 Å². The van der Waals surface area contributed by atoms with Crippen LogP contribution < -0.4 is 0 Å². The predicted octanol–water partition coefficient (Wildman–Crippen LogP) is 0.783. The van der Waals surface area contributed by atoms with Crippen molar-refractivity contribution in [2.45, 2.75) is 51.9 Å². The van der Waals surface area contributed by atoms with E-state index < -0.39 is 0 Å². The van der Waals surface area contributed by atoms with Gasteiger partial charge in [-0.2, -0.15) is 0 Å². The Morgan fingerprint density at radius 3 is 2.80 bits per heavy atom. The zero-order chi connectivity index (χ0) is 11.4. The van der Waals surface area contributed by atoms with Crippen LogP contribution in [-0.2, 0) is 9.53 Å². The van der Waals surface area contributed by atoms with Gasteiger partial charge in [-0.05, 0) is 20.3 Å².